The van der Waals surface area contributed by atoms with Gasteiger partial charge >= 0.3 is 0 Å². The number of nitrogens with zero attached hydrogens (tertiary/aromatic N) is 2. The summed E-state index contributed by atoms with van der Waals surface area (Å²) in [6.45, 7) is 0. The molecule has 0 saturated heterocycles. The first kappa shape index (κ1) is 10.1. The van der Waals surface area contributed by atoms with Gasteiger partial charge in [-0.1, -0.05) is 49.9 Å². The molecule has 0 bridgehead atoms. The fraction of sp³-hybridized carbons (Fsp3) is 0. The smallest absolute Gasteiger partial charge is 0.153 e. The molecule has 2 aromatic rings. The van der Waals surface area contributed by atoms with Gasteiger partial charge in [-0.2, -0.15) is 0 Å². The van der Waals surface area contributed by atoms with Gasteiger partial charge in [0.15, 0.2) is 5.82 Å². The Hall–Kier alpha value is -0.420. The molecule has 2 rings (SSSR count). The van der Waals surface area contributed by atoms with Crippen molar-refractivity contribution in [3.05, 3.63) is 38.4 Å². The lowest BCUT2D eigenvalue weighted by Gasteiger charge is -1.87. The Labute approximate surface area is 97.9 Å². The van der Waals surface area contributed by atoms with Crippen molar-refractivity contribution in [1.82, 2.24) is 4.98 Å². The molecule has 2 aromatic heterocycles. The Morgan fingerprint density at radius 2 is 2.07 bits per heavy atom. The maximum atomic E-state index is 5.93. The highest BCUT2D eigenvalue weighted by molar-refractivity contribution is 7.69. The summed E-state index contributed by atoms with van der Waals surface area (Å²) >= 11 is 11.7. The summed E-state index contributed by atoms with van der Waals surface area (Å²) < 4.78 is 1.28. The highest BCUT2D eigenvalue weighted by atomic mass is 35.5. The Balaban J connectivity index is 2.50. The number of rotatable bonds is 1. The molecule has 0 aliphatic heterocycles. The summed E-state index contributed by atoms with van der Waals surface area (Å²) in [5.41, 5.74) is 0. The van der Waals surface area contributed by atoms with Crippen LogP contribution in [0.15, 0.2) is 29.4 Å². The summed E-state index contributed by atoms with van der Waals surface area (Å²) in [5, 5.41) is 0.507. The molecule has 0 unspecified atom stereocenters. The van der Waals surface area contributed by atoms with Crippen molar-refractivity contribution in [2.24, 2.45) is 4.99 Å². The van der Waals surface area contributed by atoms with Gasteiger partial charge in [-0.05, 0) is 12.1 Å². The molecule has 0 aliphatic rings. The molecule has 0 fully saturated rings. The third kappa shape index (κ3) is 2.15. The lowest BCUT2D eigenvalue weighted by Crippen LogP contribution is -1.92. The largest absolute Gasteiger partial charge is 0.237 e. The summed E-state index contributed by atoms with van der Waals surface area (Å²) in [6.07, 6.45) is 1.69. The molecule has 0 spiro atoms. The van der Waals surface area contributed by atoms with E-state index in [-0.39, 0.29) is 0 Å². The van der Waals surface area contributed by atoms with Crippen LogP contribution in [0.3, 0.4) is 0 Å². The van der Waals surface area contributed by atoms with E-state index in [2.05, 4.69) is 9.98 Å². The fourth-order valence-corrected chi connectivity index (χ4v) is 3.56. The number of aromatic nitrogens is 1. The van der Waals surface area contributed by atoms with Gasteiger partial charge in [0, 0.05) is 6.20 Å². The lowest BCUT2D eigenvalue weighted by atomic mass is 10.5. The molecular weight excluding hydrogens is 259 g/mol. The van der Waals surface area contributed by atoms with Crippen molar-refractivity contribution in [1.29, 1.82) is 0 Å². The van der Waals surface area contributed by atoms with Crippen LogP contribution in [0, 0.1) is 0 Å². The average molecular weight is 263 g/mol. The second-order valence-corrected chi connectivity index (χ2v) is 5.47. The predicted octanol–water partition coefficient (Wildman–Crippen LogP) is 3.74. The first-order valence-corrected chi connectivity index (χ1v) is 6.58. The molecule has 0 N–H and O–H groups in total. The molecule has 2 nitrogen and oxygen atoms in total. The molecule has 14 heavy (non-hydrogen) atoms. The molecule has 0 aromatic carbocycles. The van der Waals surface area contributed by atoms with Crippen LogP contribution in [-0.4, -0.2) is 4.98 Å². The minimum Gasteiger partial charge on any atom is -0.237 e. The quantitative estimate of drug-likeness (QED) is 0.719. The molecule has 6 heteroatoms. The Kier molecular flexibility index (Phi) is 3.18. The Morgan fingerprint density at radius 3 is 2.64 bits per heavy atom. The van der Waals surface area contributed by atoms with Gasteiger partial charge in [-0.15, -0.1) is 0 Å². The molecule has 0 amide bonds. The first-order chi connectivity index (χ1) is 6.77. The monoisotopic (exact) mass is 262 g/mol. The van der Waals surface area contributed by atoms with E-state index in [0.29, 0.717) is 19.8 Å². The Bertz CT molecular complexity index is 490. The zero-order valence-corrected chi connectivity index (χ0v) is 9.92. The van der Waals surface area contributed by atoms with Gasteiger partial charge < -0.3 is 0 Å². The molecule has 2 heterocycles. The van der Waals surface area contributed by atoms with Crippen LogP contribution in [0.2, 0.25) is 9.36 Å². The molecule has 0 saturated carbocycles. The van der Waals surface area contributed by atoms with Gasteiger partial charge in [0.2, 0.25) is 0 Å². The number of pyridine rings is 1. The zero-order valence-electron chi connectivity index (χ0n) is 6.78. The normalized spacial score (nSPS) is 12.0. The van der Waals surface area contributed by atoms with Crippen LogP contribution in [0.4, 0.5) is 5.82 Å². The maximum Gasteiger partial charge on any atom is 0.153 e. The van der Waals surface area contributed by atoms with Crippen LogP contribution < -0.4 is 4.67 Å². The van der Waals surface area contributed by atoms with Crippen LogP contribution in [-0.2, 0) is 0 Å². The highest BCUT2D eigenvalue weighted by Crippen LogP contribution is 2.27. The van der Waals surface area contributed by atoms with Gasteiger partial charge in [0.25, 0.3) is 0 Å². The zero-order chi connectivity index (χ0) is 9.97. The van der Waals surface area contributed by atoms with Crippen LogP contribution in [0.25, 0.3) is 0 Å². The van der Waals surface area contributed by atoms with Crippen LogP contribution >= 0.6 is 43.9 Å². The maximum absolute atomic E-state index is 5.93. The fourth-order valence-electron chi connectivity index (χ4n) is 0.825. The summed E-state index contributed by atoms with van der Waals surface area (Å²) in [6, 6.07) is 5.53. The minimum absolute atomic E-state index is 0.507. The van der Waals surface area contributed by atoms with Crippen molar-refractivity contribution >= 4 is 49.7 Å². The second kappa shape index (κ2) is 4.40. The Morgan fingerprint density at radius 1 is 1.21 bits per heavy atom. The molecule has 0 atom stereocenters. The SMILES string of the molecule is Clc1ss/c(=N/c2ccccn2)c1Cl. The summed E-state index contributed by atoms with van der Waals surface area (Å²) in [4.78, 5) is 8.33. The van der Waals surface area contributed by atoms with E-state index in [1.807, 2.05) is 18.2 Å². The predicted molar refractivity (Wildman–Crippen MR) is 61.7 cm³/mol. The lowest BCUT2D eigenvalue weighted by molar-refractivity contribution is 1.24. The minimum atomic E-state index is 0.507. The standard InChI is InChI=1S/C8H4Cl2N2S2/c9-6-7(10)13-14-8(6)12-5-3-1-2-4-11-5/h1-4H/b12-8+. The van der Waals surface area contributed by atoms with E-state index >= 15 is 0 Å². The third-order valence-electron chi connectivity index (χ3n) is 1.42. The molecular formula is C8H4Cl2N2S2. The summed E-state index contributed by atoms with van der Waals surface area (Å²) in [7, 11) is 2.85. The van der Waals surface area contributed by atoms with Crippen LogP contribution in [0.1, 0.15) is 0 Å². The number of hydrogen-bond acceptors (Lipinski definition) is 4. The summed E-state index contributed by atoms with van der Waals surface area (Å²) in [5.74, 6) is 0.639. The molecule has 72 valence electrons. The van der Waals surface area contributed by atoms with Crippen molar-refractivity contribution in [3.63, 3.8) is 0 Å². The van der Waals surface area contributed by atoms with Crippen molar-refractivity contribution in [2.45, 2.75) is 0 Å². The van der Waals surface area contributed by atoms with Gasteiger partial charge in [-0.25, -0.2) is 9.98 Å². The molecule has 0 radical (unpaired) electrons. The van der Waals surface area contributed by atoms with E-state index in [4.69, 9.17) is 23.2 Å². The topological polar surface area (TPSA) is 25.2 Å². The van der Waals surface area contributed by atoms with Gasteiger partial charge in [-0.3, -0.25) is 0 Å². The average Bonchev–Trinajstić information content (AvgIpc) is 2.52. The number of hydrogen-bond donors (Lipinski definition) is 0. The van der Waals surface area contributed by atoms with Gasteiger partial charge in [0.05, 0.1) is 0 Å². The van der Waals surface area contributed by atoms with Crippen LogP contribution in [0.5, 0.6) is 0 Å². The van der Waals surface area contributed by atoms with E-state index < -0.39 is 0 Å². The number of halogens is 2. The molecule has 0 aliphatic carbocycles. The van der Waals surface area contributed by atoms with Crippen molar-refractivity contribution < 1.29 is 0 Å². The van der Waals surface area contributed by atoms with E-state index in [1.54, 1.807) is 6.20 Å². The first-order valence-electron chi connectivity index (χ1n) is 3.67. The highest BCUT2D eigenvalue weighted by Gasteiger charge is 2.03. The van der Waals surface area contributed by atoms with E-state index in [1.165, 1.54) is 20.7 Å². The van der Waals surface area contributed by atoms with Crippen molar-refractivity contribution in [3.8, 4) is 0 Å². The van der Waals surface area contributed by atoms with Gasteiger partial charge in [0.1, 0.15) is 14.0 Å². The third-order valence-corrected chi connectivity index (χ3v) is 4.91. The second-order valence-electron chi connectivity index (χ2n) is 2.36. The van der Waals surface area contributed by atoms with E-state index in [0.717, 1.165) is 0 Å². The van der Waals surface area contributed by atoms with Crippen molar-refractivity contribution in [2.75, 3.05) is 0 Å². The van der Waals surface area contributed by atoms with E-state index in [9.17, 15) is 0 Å².